The zero-order valence-electron chi connectivity index (χ0n) is 23.4. The topological polar surface area (TPSA) is 116 Å². The molecule has 0 radical (unpaired) electrons. The lowest BCUT2D eigenvalue weighted by atomic mass is 10.1. The molecule has 0 aliphatic carbocycles. The van der Waals surface area contributed by atoms with Crippen molar-refractivity contribution in [3.8, 4) is 17.1 Å². The number of anilines is 3. The van der Waals surface area contributed by atoms with E-state index in [-0.39, 0.29) is 6.04 Å². The first kappa shape index (κ1) is 27.1. The fourth-order valence-electron chi connectivity index (χ4n) is 5.92. The molecule has 2 atom stereocenters. The summed E-state index contributed by atoms with van der Waals surface area (Å²) >= 11 is 0. The van der Waals surface area contributed by atoms with E-state index >= 15 is 0 Å². The van der Waals surface area contributed by atoms with Crippen LogP contribution in [0.3, 0.4) is 0 Å². The van der Waals surface area contributed by atoms with Gasteiger partial charge < -0.3 is 25.3 Å². The number of benzene rings is 1. The Kier molecular flexibility index (Phi) is 6.86. The number of carbonyl (C=O) groups excluding carboxylic acids is 1. The summed E-state index contributed by atoms with van der Waals surface area (Å²) in [5, 5.41) is 11.2. The van der Waals surface area contributed by atoms with Crippen molar-refractivity contribution in [2.75, 3.05) is 44.4 Å². The third-order valence-corrected chi connectivity index (χ3v) is 7.88. The number of nitrogens with one attached hydrogen (secondary N) is 3. The molecule has 0 bridgehead atoms. The monoisotopic (exact) mass is 565 g/mol. The number of aryl methyl sites for hydroxylation is 2. The molecule has 2 aliphatic rings. The maximum Gasteiger partial charge on any atom is 0.262 e. The van der Waals surface area contributed by atoms with Crippen LogP contribution >= 0.6 is 0 Å². The van der Waals surface area contributed by atoms with Crippen molar-refractivity contribution in [1.29, 1.82) is 0 Å². The molecule has 0 saturated carbocycles. The number of hydrogen-bond donors (Lipinski definition) is 3. The lowest BCUT2D eigenvalue weighted by Gasteiger charge is -2.29. The van der Waals surface area contributed by atoms with Gasteiger partial charge in [0.1, 0.15) is 5.69 Å². The van der Waals surface area contributed by atoms with Crippen LogP contribution in [0, 0.1) is 6.92 Å². The van der Waals surface area contributed by atoms with Crippen LogP contribution in [0.15, 0.2) is 36.8 Å². The molecule has 0 spiro atoms. The third kappa shape index (κ3) is 5.22. The quantitative estimate of drug-likeness (QED) is 0.310. The standard InChI is InChI=1S/C28H33F2N9O2/c1-16-11-32-27(34-21-14-38(3)36-26(21)41-4)35-23(16)19-12-31-24-18(19)6-5-7-20(24)33-25(40)22-10-28(29,30)15-39(22)17-8-9-37(2)13-17/h5-7,11-12,14,17,22,31H,8-10,13,15H2,1-4H3,(H,33,40)(H,32,34,35)/t17-,22-/m1/s1. The van der Waals surface area contributed by atoms with Crippen LogP contribution < -0.4 is 15.4 Å². The van der Waals surface area contributed by atoms with Gasteiger partial charge in [0.15, 0.2) is 0 Å². The Balaban J connectivity index is 1.27. The molecule has 2 saturated heterocycles. The van der Waals surface area contributed by atoms with E-state index in [1.54, 1.807) is 42.2 Å². The molecular formula is C28H33F2N9O2. The molecule has 4 aromatic rings. The molecular weight excluding hydrogens is 532 g/mol. The lowest BCUT2D eigenvalue weighted by molar-refractivity contribution is -0.121. The molecule has 6 rings (SSSR count). The minimum Gasteiger partial charge on any atom is -0.478 e. The van der Waals surface area contributed by atoms with Crippen LogP contribution in [-0.4, -0.2) is 92.2 Å². The van der Waals surface area contributed by atoms with E-state index < -0.39 is 30.8 Å². The van der Waals surface area contributed by atoms with Crippen LogP contribution in [0.2, 0.25) is 0 Å². The van der Waals surface area contributed by atoms with Crippen molar-refractivity contribution in [2.45, 2.75) is 37.8 Å². The Morgan fingerprint density at radius 3 is 2.83 bits per heavy atom. The minimum absolute atomic E-state index is 0.0628. The molecule has 0 unspecified atom stereocenters. The second-order valence-electron chi connectivity index (χ2n) is 10.9. The number of halogens is 2. The highest BCUT2D eigenvalue weighted by Crippen LogP contribution is 2.37. The summed E-state index contributed by atoms with van der Waals surface area (Å²) in [6.45, 7) is 3.04. The summed E-state index contributed by atoms with van der Waals surface area (Å²) in [4.78, 5) is 29.7. The molecule has 3 N–H and O–H groups in total. The number of H-pyrrole nitrogens is 1. The highest BCUT2D eigenvalue weighted by atomic mass is 19.3. The fraction of sp³-hybridized carbons (Fsp3) is 0.429. The molecule has 3 aromatic heterocycles. The number of methoxy groups -OCH3 is 1. The number of amides is 1. The number of carbonyl (C=O) groups is 1. The highest BCUT2D eigenvalue weighted by molar-refractivity contribution is 6.06. The number of fused-ring (bicyclic) bond motifs is 1. The van der Waals surface area contributed by atoms with Gasteiger partial charge >= 0.3 is 0 Å². The van der Waals surface area contributed by atoms with Crippen LogP contribution in [0.4, 0.5) is 26.1 Å². The third-order valence-electron chi connectivity index (χ3n) is 7.88. The predicted molar refractivity (Wildman–Crippen MR) is 152 cm³/mol. The van der Waals surface area contributed by atoms with Gasteiger partial charge in [-0.1, -0.05) is 12.1 Å². The van der Waals surface area contributed by atoms with Crippen molar-refractivity contribution in [3.05, 3.63) is 42.4 Å². The van der Waals surface area contributed by atoms with E-state index in [1.165, 1.54) is 0 Å². The van der Waals surface area contributed by atoms with Gasteiger partial charge in [-0.15, -0.1) is 5.10 Å². The summed E-state index contributed by atoms with van der Waals surface area (Å²) in [7, 11) is 5.31. The molecule has 11 nitrogen and oxygen atoms in total. The highest BCUT2D eigenvalue weighted by Gasteiger charge is 2.50. The average molecular weight is 566 g/mol. The molecule has 2 fully saturated rings. The smallest absolute Gasteiger partial charge is 0.262 e. The second-order valence-corrected chi connectivity index (χ2v) is 10.9. The fourth-order valence-corrected chi connectivity index (χ4v) is 5.92. The van der Waals surface area contributed by atoms with Crippen molar-refractivity contribution in [2.24, 2.45) is 7.05 Å². The summed E-state index contributed by atoms with van der Waals surface area (Å²) in [6.07, 6.45) is 5.62. The van der Waals surface area contributed by atoms with E-state index in [4.69, 9.17) is 9.72 Å². The largest absolute Gasteiger partial charge is 0.478 e. The Hall–Kier alpha value is -4.10. The average Bonchev–Trinajstić information content (AvgIpc) is 3.70. The zero-order chi connectivity index (χ0) is 28.9. The van der Waals surface area contributed by atoms with Crippen molar-refractivity contribution >= 4 is 34.1 Å². The molecule has 216 valence electrons. The second kappa shape index (κ2) is 10.4. The number of rotatable bonds is 7. The first-order valence-corrected chi connectivity index (χ1v) is 13.5. The summed E-state index contributed by atoms with van der Waals surface area (Å²) in [5.74, 6) is -2.53. The predicted octanol–water partition coefficient (Wildman–Crippen LogP) is 3.77. The summed E-state index contributed by atoms with van der Waals surface area (Å²) in [5.41, 5.74) is 4.22. The lowest BCUT2D eigenvalue weighted by Crippen LogP contribution is -2.46. The Morgan fingerprint density at radius 2 is 2.07 bits per heavy atom. The number of alkyl halides is 2. The molecule has 1 amide bonds. The summed E-state index contributed by atoms with van der Waals surface area (Å²) in [6, 6.07) is 4.58. The first-order chi connectivity index (χ1) is 19.6. The number of aromatic nitrogens is 5. The van der Waals surface area contributed by atoms with Gasteiger partial charge in [-0.2, -0.15) is 0 Å². The normalized spacial score (nSPS) is 21.0. The maximum atomic E-state index is 14.5. The van der Waals surface area contributed by atoms with Gasteiger partial charge in [-0.05, 0) is 38.6 Å². The van der Waals surface area contributed by atoms with Gasteiger partial charge in [0, 0.05) is 49.4 Å². The number of likely N-dealkylation sites (N-methyl/N-ethyl adjacent to an activating group) is 1. The first-order valence-electron chi connectivity index (χ1n) is 13.5. The van der Waals surface area contributed by atoms with Gasteiger partial charge in [-0.3, -0.25) is 14.4 Å². The van der Waals surface area contributed by atoms with Crippen LogP contribution in [0.1, 0.15) is 18.4 Å². The van der Waals surface area contributed by atoms with Gasteiger partial charge in [0.25, 0.3) is 11.8 Å². The summed E-state index contributed by atoms with van der Waals surface area (Å²) < 4.78 is 36.0. The van der Waals surface area contributed by atoms with Crippen LogP contribution in [0.25, 0.3) is 22.2 Å². The molecule has 5 heterocycles. The van der Waals surface area contributed by atoms with E-state index in [1.807, 2.05) is 32.3 Å². The SMILES string of the molecule is COc1nn(C)cc1Nc1ncc(C)c(-c2c[nH]c3c(NC(=O)[C@H]4CC(F)(F)CN4[C@@H]4CCN(C)C4)cccc23)n1. The number of hydrogen-bond acceptors (Lipinski definition) is 8. The molecule has 13 heteroatoms. The van der Waals surface area contributed by atoms with Crippen molar-refractivity contribution < 1.29 is 18.3 Å². The van der Waals surface area contributed by atoms with Gasteiger partial charge in [0.2, 0.25) is 11.9 Å². The molecule has 41 heavy (non-hydrogen) atoms. The Labute approximate surface area is 235 Å². The van der Waals surface area contributed by atoms with Crippen molar-refractivity contribution in [3.63, 3.8) is 0 Å². The molecule has 1 aromatic carbocycles. The van der Waals surface area contributed by atoms with Crippen molar-refractivity contribution in [1.82, 2.24) is 34.5 Å². The number of likely N-dealkylation sites (tertiary alicyclic amines) is 2. The maximum absolute atomic E-state index is 14.5. The molecule has 2 aliphatic heterocycles. The van der Waals surface area contributed by atoms with Crippen LogP contribution in [-0.2, 0) is 11.8 Å². The van der Waals surface area contributed by atoms with Gasteiger partial charge in [0.05, 0.1) is 42.8 Å². The van der Waals surface area contributed by atoms with Gasteiger partial charge in [-0.25, -0.2) is 18.7 Å². The Bertz CT molecular complexity index is 1600. The minimum atomic E-state index is -2.90. The van der Waals surface area contributed by atoms with E-state index in [0.717, 1.165) is 29.5 Å². The number of aromatic amines is 1. The van der Waals surface area contributed by atoms with E-state index in [2.05, 4.69) is 30.6 Å². The zero-order valence-corrected chi connectivity index (χ0v) is 23.4. The number of para-hydroxylation sites is 1. The number of nitrogens with zero attached hydrogens (tertiary/aromatic N) is 6. The van der Waals surface area contributed by atoms with E-state index in [0.29, 0.717) is 41.0 Å². The van der Waals surface area contributed by atoms with Crippen LogP contribution in [0.5, 0.6) is 5.88 Å². The number of ether oxygens (including phenoxy) is 1. The van der Waals surface area contributed by atoms with E-state index in [9.17, 15) is 13.6 Å². The Morgan fingerprint density at radius 1 is 1.24 bits per heavy atom.